The minimum Gasteiger partial charge on any atom is -0.456 e. The number of nitrogens with zero attached hydrogens (tertiary/aromatic N) is 2. The maximum absolute atomic E-state index is 11.5. The molecule has 24 heavy (non-hydrogen) atoms. The number of benzene rings is 2. The molecule has 0 bridgehead atoms. The van der Waals surface area contributed by atoms with Crippen LogP contribution in [-0.2, 0) is 21.0 Å². The van der Waals surface area contributed by atoms with E-state index in [1.807, 2.05) is 0 Å². The third-order valence-corrected chi connectivity index (χ3v) is 2.83. The lowest BCUT2D eigenvalue weighted by Gasteiger charge is -2.01. The fraction of sp³-hybridized carbons (Fsp3) is 0.0625. The van der Waals surface area contributed by atoms with Crippen LogP contribution in [0.5, 0.6) is 0 Å². The number of oxime groups is 1. The highest BCUT2D eigenvalue weighted by Gasteiger charge is 2.07. The van der Waals surface area contributed by atoms with Crippen LogP contribution in [0.4, 0.5) is 5.69 Å². The molecule has 2 aromatic rings. The molecule has 0 fully saturated rings. The summed E-state index contributed by atoms with van der Waals surface area (Å²) in [7, 11) is 0. The summed E-state index contributed by atoms with van der Waals surface area (Å²) in [5.74, 6) is -1.51. The first-order valence-corrected chi connectivity index (χ1v) is 6.76. The smallest absolute Gasteiger partial charge is 0.365 e. The molecule has 0 aromatic heterocycles. The molecule has 8 nitrogen and oxygen atoms in total. The molecule has 0 saturated heterocycles. The molecule has 2 aromatic carbocycles. The van der Waals surface area contributed by atoms with Crippen LogP contribution in [0.3, 0.4) is 0 Å². The quantitative estimate of drug-likeness (QED) is 0.265. The number of hydrogen-bond acceptors (Lipinski definition) is 7. The van der Waals surface area contributed by atoms with Crippen molar-refractivity contribution in [1.82, 2.24) is 0 Å². The van der Waals surface area contributed by atoms with E-state index in [0.29, 0.717) is 11.1 Å². The van der Waals surface area contributed by atoms with Crippen LogP contribution in [0.1, 0.15) is 15.9 Å². The summed E-state index contributed by atoms with van der Waals surface area (Å²) in [6.45, 7) is -0.0878. The number of non-ortho nitro benzene ring substituents is 1. The van der Waals surface area contributed by atoms with Crippen molar-refractivity contribution < 1.29 is 24.1 Å². The van der Waals surface area contributed by atoms with E-state index in [2.05, 4.69) is 9.99 Å². The van der Waals surface area contributed by atoms with Crippen LogP contribution in [-0.4, -0.2) is 23.1 Å². The predicted molar refractivity (Wildman–Crippen MR) is 83.2 cm³/mol. The minimum atomic E-state index is -0.811. The van der Waals surface area contributed by atoms with Gasteiger partial charge in [-0.3, -0.25) is 10.1 Å². The number of rotatable bonds is 6. The Kier molecular flexibility index (Phi) is 5.73. The summed E-state index contributed by atoms with van der Waals surface area (Å²) in [5, 5.41) is 13.8. The topological polar surface area (TPSA) is 108 Å². The zero-order valence-electron chi connectivity index (χ0n) is 12.3. The van der Waals surface area contributed by atoms with Crippen molar-refractivity contribution in [2.45, 2.75) is 6.61 Å². The van der Waals surface area contributed by atoms with E-state index < -0.39 is 16.9 Å². The van der Waals surface area contributed by atoms with E-state index >= 15 is 0 Å². The van der Waals surface area contributed by atoms with Gasteiger partial charge in [0, 0.05) is 12.1 Å². The molecule has 0 atom stereocenters. The first-order chi connectivity index (χ1) is 11.6. The second-order valence-electron chi connectivity index (χ2n) is 4.51. The van der Waals surface area contributed by atoms with Gasteiger partial charge in [-0.1, -0.05) is 23.4 Å². The van der Waals surface area contributed by atoms with Gasteiger partial charge in [0.15, 0.2) is 6.21 Å². The number of esters is 1. The number of nitro groups is 1. The fourth-order valence-corrected chi connectivity index (χ4v) is 1.65. The molecule has 0 aliphatic carbocycles. The molecule has 0 N–H and O–H groups in total. The van der Waals surface area contributed by atoms with E-state index in [0.717, 1.165) is 6.21 Å². The monoisotopic (exact) mass is 328 g/mol. The van der Waals surface area contributed by atoms with E-state index in [4.69, 9.17) is 4.74 Å². The number of nitro benzene ring substituents is 1. The maximum Gasteiger partial charge on any atom is 0.365 e. The maximum atomic E-state index is 11.5. The van der Waals surface area contributed by atoms with Crippen molar-refractivity contribution in [1.29, 1.82) is 0 Å². The molecular formula is C16H12N2O6. The van der Waals surface area contributed by atoms with Gasteiger partial charge < -0.3 is 9.57 Å². The average Bonchev–Trinajstić information content (AvgIpc) is 2.61. The second-order valence-corrected chi connectivity index (χ2v) is 4.51. The summed E-state index contributed by atoms with van der Waals surface area (Å²) < 4.78 is 4.87. The van der Waals surface area contributed by atoms with Crippen LogP contribution in [0.15, 0.2) is 59.8 Å². The average molecular weight is 328 g/mol. The standard InChI is InChI=1S/C16H12N2O6/c19-15(10-17-24-16(20)13-4-2-1-3-5-13)23-11-12-6-8-14(9-7-12)18(21)22/h1-10H,11H2/b17-10+. The van der Waals surface area contributed by atoms with Gasteiger partial charge >= 0.3 is 11.9 Å². The van der Waals surface area contributed by atoms with Crippen molar-refractivity contribution in [3.63, 3.8) is 0 Å². The Hall–Kier alpha value is -3.55. The van der Waals surface area contributed by atoms with E-state index in [9.17, 15) is 19.7 Å². The Morgan fingerprint density at radius 3 is 2.38 bits per heavy atom. The Morgan fingerprint density at radius 2 is 1.75 bits per heavy atom. The van der Waals surface area contributed by atoms with Crippen LogP contribution >= 0.6 is 0 Å². The Labute approximate surface area is 136 Å². The van der Waals surface area contributed by atoms with Gasteiger partial charge in [-0.2, -0.15) is 0 Å². The van der Waals surface area contributed by atoms with Gasteiger partial charge in [-0.15, -0.1) is 0 Å². The zero-order valence-corrected chi connectivity index (χ0v) is 12.3. The van der Waals surface area contributed by atoms with Crippen LogP contribution in [0.25, 0.3) is 0 Å². The molecule has 2 rings (SSSR count). The molecule has 0 unspecified atom stereocenters. The Bertz CT molecular complexity index is 756. The summed E-state index contributed by atoms with van der Waals surface area (Å²) >= 11 is 0. The fourth-order valence-electron chi connectivity index (χ4n) is 1.65. The number of carbonyl (C=O) groups excluding carboxylic acids is 2. The molecular weight excluding hydrogens is 316 g/mol. The van der Waals surface area contributed by atoms with Gasteiger partial charge in [-0.05, 0) is 29.8 Å². The molecule has 0 radical (unpaired) electrons. The molecule has 0 spiro atoms. The highest BCUT2D eigenvalue weighted by atomic mass is 16.7. The molecule has 122 valence electrons. The van der Waals surface area contributed by atoms with Crippen molar-refractivity contribution in [3.8, 4) is 0 Å². The van der Waals surface area contributed by atoms with Crippen molar-refractivity contribution in [2.75, 3.05) is 0 Å². The highest BCUT2D eigenvalue weighted by Crippen LogP contribution is 2.12. The third-order valence-electron chi connectivity index (χ3n) is 2.83. The lowest BCUT2D eigenvalue weighted by Crippen LogP contribution is -2.07. The lowest BCUT2D eigenvalue weighted by atomic mass is 10.2. The predicted octanol–water partition coefficient (Wildman–Crippen LogP) is 2.48. The van der Waals surface area contributed by atoms with Crippen molar-refractivity contribution in [2.24, 2.45) is 5.16 Å². The second kappa shape index (κ2) is 8.18. The summed E-state index contributed by atoms with van der Waals surface area (Å²) in [5.41, 5.74) is 0.817. The van der Waals surface area contributed by atoms with Crippen LogP contribution < -0.4 is 0 Å². The van der Waals surface area contributed by atoms with Gasteiger partial charge in [0.1, 0.15) is 6.61 Å². The molecule has 0 heterocycles. The molecule has 0 amide bonds. The Morgan fingerprint density at radius 1 is 1.08 bits per heavy atom. The normalized spacial score (nSPS) is 10.3. The van der Waals surface area contributed by atoms with Gasteiger partial charge in [-0.25, -0.2) is 9.59 Å². The van der Waals surface area contributed by atoms with Crippen molar-refractivity contribution in [3.05, 3.63) is 75.8 Å². The van der Waals surface area contributed by atoms with Gasteiger partial charge in [0.25, 0.3) is 5.69 Å². The molecule has 0 aliphatic rings. The summed E-state index contributed by atoms with van der Waals surface area (Å²) in [6.07, 6.45) is 0.728. The van der Waals surface area contributed by atoms with Crippen LogP contribution in [0, 0.1) is 10.1 Å². The lowest BCUT2D eigenvalue weighted by molar-refractivity contribution is -0.384. The molecule has 0 saturated carbocycles. The van der Waals surface area contributed by atoms with Crippen molar-refractivity contribution >= 4 is 23.8 Å². The Balaban J connectivity index is 1.78. The number of carbonyl (C=O) groups is 2. The van der Waals surface area contributed by atoms with Gasteiger partial charge in [0.05, 0.1) is 10.5 Å². The third kappa shape index (κ3) is 5.02. The molecule has 0 aliphatic heterocycles. The first-order valence-electron chi connectivity index (χ1n) is 6.76. The summed E-state index contributed by atoms with van der Waals surface area (Å²) in [4.78, 5) is 37.5. The highest BCUT2D eigenvalue weighted by molar-refractivity contribution is 6.23. The number of hydrogen-bond donors (Lipinski definition) is 0. The minimum absolute atomic E-state index is 0.0561. The van der Waals surface area contributed by atoms with E-state index in [1.54, 1.807) is 30.3 Å². The molecule has 8 heteroatoms. The zero-order chi connectivity index (χ0) is 17.4. The van der Waals surface area contributed by atoms with E-state index in [1.165, 1.54) is 24.3 Å². The van der Waals surface area contributed by atoms with Crippen LogP contribution in [0.2, 0.25) is 0 Å². The van der Waals surface area contributed by atoms with Gasteiger partial charge in [0.2, 0.25) is 0 Å². The summed E-state index contributed by atoms with van der Waals surface area (Å²) in [6, 6.07) is 13.7. The largest absolute Gasteiger partial charge is 0.456 e. The van der Waals surface area contributed by atoms with E-state index in [-0.39, 0.29) is 12.3 Å². The first kappa shape index (κ1) is 16.8. The number of ether oxygens (including phenoxy) is 1. The SMILES string of the molecule is O=C(/C=N/OC(=O)c1ccccc1)OCc1ccc([N+](=O)[O-])cc1.